The standard InChI is InChI=1S/C20H25NO4S/c1-25-19-6-3-2-5-16(19)15-21(12-13-22)20(24)7-4-14-26-18-10-8-17(23)9-11-18/h2-3,5-6,8-11,22-23H,4,7,12-15H2,1H3. The molecule has 5 nitrogen and oxygen atoms in total. The van der Waals surface area contributed by atoms with Crippen molar-refractivity contribution >= 4 is 17.7 Å². The molecule has 0 heterocycles. The summed E-state index contributed by atoms with van der Waals surface area (Å²) in [7, 11) is 1.61. The first-order chi connectivity index (χ1) is 12.6. The van der Waals surface area contributed by atoms with Crippen molar-refractivity contribution in [2.75, 3.05) is 26.0 Å². The number of methoxy groups -OCH3 is 1. The van der Waals surface area contributed by atoms with Gasteiger partial charge < -0.3 is 19.8 Å². The highest BCUT2D eigenvalue weighted by Gasteiger charge is 2.15. The van der Waals surface area contributed by atoms with Crippen LogP contribution in [0.4, 0.5) is 0 Å². The molecule has 1 amide bonds. The number of ether oxygens (including phenoxy) is 1. The number of carbonyl (C=O) groups is 1. The topological polar surface area (TPSA) is 70.0 Å². The average Bonchev–Trinajstić information content (AvgIpc) is 2.66. The maximum Gasteiger partial charge on any atom is 0.222 e. The largest absolute Gasteiger partial charge is 0.508 e. The van der Waals surface area contributed by atoms with Crippen LogP contribution in [0.3, 0.4) is 0 Å². The average molecular weight is 375 g/mol. The smallest absolute Gasteiger partial charge is 0.222 e. The predicted octanol–water partition coefficient (Wildman–Crippen LogP) is 3.29. The van der Waals surface area contributed by atoms with Crippen molar-refractivity contribution in [3.63, 3.8) is 0 Å². The van der Waals surface area contributed by atoms with Crippen LogP contribution in [0.1, 0.15) is 18.4 Å². The maximum atomic E-state index is 12.5. The minimum Gasteiger partial charge on any atom is -0.508 e. The number of phenols is 1. The summed E-state index contributed by atoms with van der Waals surface area (Å²) >= 11 is 1.66. The third-order valence-corrected chi connectivity index (χ3v) is 5.02. The van der Waals surface area contributed by atoms with Crippen LogP contribution >= 0.6 is 11.8 Å². The van der Waals surface area contributed by atoms with Crippen molar-refractivity contribution in [1.82, 2.24) is 4.90 Å². The lowest BCUT2D eigenvalue weighted by molar-refractivity contribution is -0.132. The van der Waals surface area contributed by atoms with Crippen LogP contribution in [0.15, 0.2) is 53.4 Å². The van der Waals surface area contributed by atoms with Crippen LogP contribution in [-0.4, -0.2) is 47.0 Å². The van der Waals surface area contributed by atoms with Gasteiger partial charge in [-0.1, -0.05) is 18.2 Å². The monoisotopic (exact) mass is 375 g/mol. The number of carbonyl (C=O) groups excluding carboxylic acids is 1. The van der Waals surface area contributed by atoms with Crippen molar-refractivity contribution in [2.45, 2.75) is 24.3 Å². The summed E-state index contributed by atoms with van der Waals surface area (Å²) in [6.07, 6.45) is 1.18. The summed E-state index contributed by atoms with van der Waals surface area (Å²) in [5.41, 5.74) is 0.926. The summed E-state index contributed by atoms with van der Waals surface area (Å²) < 4.78 is 5.34. The molecule has 26 heavy (non-hydrogen) atoms. The van der Waals surface area contributed by atoms with Gasteiger partial charge in [0.15, 0.2) is 0 Å². The quantitative estimate of drug-likeness (QED) is 0.493. The molecule has 0 aliphatic heterocycles. The molecule has 0 aliphatic rings. The molecule has 0 saturated carbocycles. The van der Waals surface area contributed by atoms with Gasteiger partial charge >= 0.3 is 0 Å². The molecule has 0 aliphatic carbocycles. The van der Waals surface area contributed by atoms with Crippen LogP contribution < -0.4 is 4.74 Å². The number of aromatic hydroxyl groups is 1. The number of nitrogens with zero attached hydrogens (tertiary/aromatic N) is 1. The highest BCUT2D eigenvalue weighted by Crippen LogP contribution is 2.23. The lowest BCUT2D eigenvalue weighted by Crippen LogP contribution is -2.33. The summed E-state index contributed by atoms with van der Waals surface area (Å²) in [5.74, 6) is 1.83. The predicted molar refractivity (Wildman–Crippen MR) is 104 cm³/mol. The molecular weight excluding hydrogens is 350 g/mol. The third kappa shape index (κ3) is 6.28. The molecule has 0 bridgehead atoms. The number of phenolic OH excluding ortho intramolecular Hbond substituents is 1. The Morgan fingerprint density at radius 1 is 1.15 bits per heavy atom. The van der Waals surface area contributed by atoms with E-state index in [0.717, 1.165) is 28.4 Å². The molecule has 0 aromatic heterocycles. The Hall–Kier alpha value is -2.18. The zero-order valence-corrected chi connectivity index (χ0v) is 15.7. The molecule has 140 valence electrons. The SMILES string of the molecule is COc1ccccc1CN(CCO)C(=O)CCCSc1ccc(O)cc1. The van der Waals surface area contributed by atoms with Crippen molar-refractivity contribution in [2.24, 2.45) is 0 Å². The van der Waals surface area contributed by atoms with E-state index in [4.69, 9.17) is 4.74 Å². The fourth-order valence-corrected chi connectivity index (χ4v) is 3.42. The molecule has 0 radical (unpaired) electrons. The van der Waals surface area contributed by atoms with Crippen LogP contribution in [0.2, 0.25) is 0 Å². The first-order valence-electron chi connectivity index (χ1n) is 8.56. The molecule has 2 rings (SSSR count). The lowest BCUT2D eigenvalue weighted by Gasteiger charge is -2.23. The molecule has 0 unspecified atom stereocenters. The molecule has 2 aromatic carbocycles. The first-order valence-corrected chi connectivity index (χ1v) is 9.55. The van der Waals surface area contributed by atoms with Gasteiger partial charge in [-0.25, -0.2) is 0 Å². The van der Waals surface area contributed by atoms with Gasteiger partial charge in [-0.2, -0.15) is 0 Å². The van der Waals surface area contributed by atoms with E-state index in [1.807, 2.05) is 36.4 Å². The van der Waals surface area contributed by atoms with Gasteiger partial charge in [0.1, 0.15) is 11.5 Å². The van der Waals surface area contributed by atoms with Gasteiger partial charge in [0.05, 0.1) is 13.7 Å². The number of amides is 1. The summed E-state index contributed by atoms with van der Waals surface area (Å²) in [6.45, 7) is 0.666. The van der Waals surface area contributed by atoms with Crippen molar-refractivity contribution in [3.05, 3.63) is 54.1 Å². The van der Waals surface area contributed by atoms with Crippen LogP contribution in [0.25, 0.3) is 0 Å². The van der Waals surface area contributed by atoms with E-state index in [1.165, 1.54) is 0 Å². The van der Waals surface area contributed by atoms with E-state index < -0.39 is 0 Å². The second-order valence-electron chi connectivity index (χ2n) is 5.80. The molecule has 0 saturated heterocycles. The van der Waals surface area contributed by atoms with E-state index >= 15 is 0 Å². The minimum absolute atomic E-state index is 0.0243. The number of para-hydroxylation sites is 1. The highest BCUT2D eigenvalue weighted by molar-refractivity contribution is 7.99. The fraction of sp³-hybridized carbons (Fsp3) is 0.350. The fourth-order valence-electron chi connectivity index (χ4n) is 2.57. The van der Waals surface area contributed by atoms with Crippen LogP contribution in [-0.2, 0) is 11.3 Å². The number of aliphatic hydroxyl groups is 1. The minimum atomic E-state index is -0.0663. The third-order valence-electron chi connectivity index (χ3n) is 3.92. The van der Waals surface area contributed by atoms with E-state index in [1.54, 1.807) is 35.9 Å². The zero-order chi connectivity index (χ0) is 18.8. The summed E-state index contributed by atoms with van der Waals surface area (Å²) in [4.78, 5) is 15.3. The van der Waals surface area contributed by atoms with E-state index in [0.29, 0.717) is 19.5 Å². The van der Waals surface area contributed by atoms with Gasteiger partial charge in [-0.05, 0) is 42.5 Å². The summed E-state index contributed by atoms with van der Waals surface area (Å²) in [6, 6.07) is 14.6. The second-order valence-corrected chi connectivity index (χ2v) is 6.96. The number of thioether (sulfide) groups is 1. The molecule has 0 spiro atoms. The molecule has 0 fully saturated rings. The Morgan fingerprint density at radius 3 is 2.58 bits per heavy atom. The molecular formula is C20H25NO4S. The molecule has 6 heteroatoms. The molecule has 2 N–H and O–H groups in total. The van der Waals surface area contributed by atoms with Gasteiger partial charge in [0.25, 0.3) is 0 Å². The number of benzene rings is 2. The van der Waals surface area contributed by atoms with Gasteiger partial charge in [0.2, 0.25) is 5.91 Å². The number of aliphatic hydroxyl groups excluding tert-OH is 1. The van der Waals surface area contributed by atoms with Gasteiger partial charge in [-0.15, -0.1) is 11.8 Å². The van der Waals surface area contributed by atoms with Gasteiger partial charge in [0, 0.05) is 30.0 Å². The van der Waals surface area contributed by atoms with Crippen molar-refractivity contribution in [3.8, 4) is 11.5 Å². The molecule has 0 atom stereocenters. The van der Waals surface area contributed by atoms with Crippen molar-refractivity contribution in [1.29, 1.82) is 0 Å². The lowest BCUT2D eigenvalue weighted by atomic mass is 10.1. The van der Waals surface area contributed by atoms with E-state index in [9.17, 15) is 15.0 Å². The number of rotatable bonds is 10. The number of hydrogen-bond donors (Lipinski definition) is 2. The van der Waals surface area contributed by atoms with E-state index in [-0.39, 0.29) is 18.3 Å². The Labute approximate surface area is 158 Å². The van der Waals surface area contributed by atoms with Gasteiger partial charge in [-0.3, -0.25) is 4.79 Å². The normalized spacial score (nSPS) is 10.5. The first kappa shape index (κ1) is 20.1. The second kappa shape index (κ2) is 10.7. The zero-order valence-electron chi connectivity index (χ0n) is 14.9. The van der Waals surface area contributed by atoms with Crippen molar-refractivity contribution < 1.29 is 19.7 Å². The maximum absolute atomic E-state index is 12.5. The van der Waals surface area contributed by atoms with E-state index in [2.05, 4.69) is 0 Å². The highest BCUT2D eigenvalue weighted by atomic mass is 32.2. The summed E-state index contributed by atoms with van der Waals surface area (Å²) in [5, 5.41) is 18.6. The number of hydrogen-bond acceptors (Lipinski definition) is 5. The Kier molecular flexibility index (Phi) is 8.31. The Balaban J connectivity index is 1.84. The Bertz CT molecular complexity index is 690. The van der Waals surface area contributed by atoms with Crippen LogP contribution in [0, 0.1) is 0 Å². The molecule has 2 aromatic rings. The Morgan fingerprint density at radius 2 is 1.88 bits per heavy atom. The van der Waals surface area contributed by atoms with Crippen LogP contribution in [0.5, 0.6) is 11.5 Å².